The number of hydrogen-bond donors (Lipinski definition) is 1. The highest BCUT2D eigenvalue weighted by Crippen LogP contribution is 2.22. The van der Waals surface area contributed by atoms with Gasteiger partial charge in [0.15, 0.2) is 0 Å². The largest absolute Gasteiger partial charge is 0.330 e. The number of benzene rings is 1. The van der Waals surface area contributed by atoms with E-state index in [-0.39, 0.29) is 5.82 Å². The highest BCUT2D eigenvalue weighted by molar-refractivity contribution is 7.99. The third-order valence-corrected chi connectivity index (χ3v) is 3.39. The van der Waals surface area contributed by atoms with Crippen molar-refractivity contribution in [1.82, 2.24) is 0 Å². The minimum absolute atomic E-state index is 0.138. The first-order valence-electron chi connectivity index (χ1n) is 4.72. The van der Waals surface area contributed by atoms with Crippen LogP contribution in [-0.2, 0) is 0 Å². The van der Waals surface area contributed by atoms with E-state index in [1.54, 1.807) is 18.7 Å². The standard InChI is InChI=1S/C11H16FNS/c1-8(6-13)7-14-10-3-4-11(12)9(2)5-10/h3-5,8H,6-7,13H2,1-2H3. The molecule has 0 radical (unpaired) electrons. The molecule has 14 heavy (non-hydrogen) atoms. The smallest absolute Gasteiger partial charge is 0.126 e. The third kappa shape index (κ3) is 3.31. The number of rotatable bonds is 4. The molecule has 0 aliphatic rings. The van der Waals surface area contributed by atoms with Gasteiger partial charge in [0.2, 0.25) is 0 Å². The molecule has 0 bridgehead atoms. The van der Waals surface area contributed by atoms with Gasteiger partial charge < -0.3 is 5.73 Å². The summed E-state index contributed by atoms with van der Waals surface area (Å²) in [6, 6.07) is 5.21. The van der Waals surface area contributed by atoms with Gasteiger partial charge in [-0.3, -0.25) is 0 Å². The van der Waals surface area contributed by atoms with E-state index in [0.29, 0.717) is 18.0 Å². The van der Waals surface area contributed by atoms with Crippen LogP contribution >= 0.6 is 11.8 Å². The molecule has 0 heterocycles. The van der Waals surface area contributed by atoms with Crippen LogP contribution in [0.25, 0.3) is 0 Å². The average Bonchev–Trinajstić information content (AvgIpc) is 2.19. The Balaban J connectivity index is 2.55. The topological polar surface area (TPSA) is 26.0 Å². The molecule has 1 unspecified atom stereocenters. The summed E-state index contributed by atoms with van der Waals surface area (Å²) in [5.74, 6) is 1.35. The van der Waals surface area contributed by atoms with Gasteiger partial charge in [0.05, 0.1) is 0 Å². The lowest BCUT2D eigenvalue weighted by Crippen LogP contribution is -2.12. The molecule has 1 nitrogen and oxygen atoms in total. The number of thioether (sulfide) groups is 1. The van der Waals surface area contributed by atoms with Crippen LogP contribution in [0.1, 0.15) is 12.5 Å². The first-order valence-corrected chi connectivity index (χ1v) is 5.71. The Labute approximate surface area is 88.9 Å². The summed E-state index contributed by atoms with van der Waals surface area (Å²) in [6.07, 6.45) is 0. The monoisotopic (exact) mass is 213 g/mol. The van der Waals surface area contributed by atoms with Crippen LogP contribution in [0.4, 0.5) is 4.39 Å². The Hall–Kier alpha value is -0.540. The van der Waals surface area contributed by atoms with Gasteiger partial charge in [-0.05, 0) is 43.1 Å². The SMILES string of the molecule is Cc1cc(SCC(C)CN)ccc1F. The highest BCUT2D eigenvalue weighted by Gasteiger charge is 2.02. The van der Waals surface area contributed by atoms with Crippen molar-refractivity contribution in [2.24, 2.45) is 11.7 Å². The van der Waals surface area contributed by atoms with Crippen LogP contribution in [0.3, 0.4) is 0 Å². The van der Waals surface area contributed by atoms with Crippen molar-refractivity contribution < 1.29 is 4.39 Å². The zero-order chi connectivity index (χ0) is 10.6. The summed E-state index contributed by atoms with van der Waals surface area (Å²) in [6.45, 7) is 4.60. The van der Waals surface area contributed by atoms with E-state index in [2.05, 4.69) is 6.92 Å². The van der Waals surface area contributed by atoms with Crippen LogP contribution < -0.4 is 5.73 Å². The second-order valence-corrected chi connectivity index (χ2v) is 4.66. The number of halogens is 1. The fourth-order valence-corrected chi connectivity index (χ4v) is 2.05. The van der Waals surface area contributed by atoms with Gasteiger partial charge in [-0.1, -0.05) is 6.92 Å². The average molecular weight is 213 g/mol. The molecule has 0 aromatic heterocycles. The molecule has 0 spiro atoms. The summed E-state index contributed by atoms with van der Waals surface area (Å²) >= 11 is 1.73. The molecule has 1 rings (SSSR count). The van der Waals surface area contributed by atoms with Gasteiger partial charge in [0.25, 0.3) is 0 Å². The maximum atomic E-state index is 12.9. The molecule has 2 N–H and O–H groups in total. The minimum atomic E-state index is -0.138. The molecule has 78 valence electrons. The summed E-state index contributed by atoms with van der Waals surface area (Å²) in [5, 5.41) is 0. The van der Waals surface area contributed by atoms with Crippen molar-refractivity contribution in [3.63, 3.8) is 0 Å². The second-order valence-electron chi connectivity index (χ2n) is 3.56. The van der Waals surface area contributed by atoms with Crippen molar-refractivity contribution in [2.45, 2.75) is 18.7 Å². The Bertz CT molecular complexity index is 301. The first-order chi connectivity index (χ1) is 6.63. The lowest BCUT2D eigenvalue weighted by Gasteiger charge is -2.08. The molecule has 3 heteroatoms. The van der Waals surface area contributed by atoms with Crippen molar-refractivity contribution >= 4 is 11.8 Å². The number of aryl methyl sites for hydroxylation is 1. The molecule has 1 aromatic carbocycles. The Morgan fingerprint density at radius 3 is 2.79 bits per heavy atom. The lowest BCUT2D eigenvalue weighted by molar-refractivity contribution is 0.617. The fourth-order valence-electron chi connectivity index (χ4n) is 1.01. The number of hydrogen-bond acceptors (Lipinski definition) is 2. The third-order valence-electron chi connectivity index (χ3n) is 2.07. The van der Waals surface area contributed by atoms with Gasteiger partial charge in [-0.2, -0.15) is 0 Å². The van der Waals surface area contributed by atoms with Crippen LogP contribution in [0.15, 0.2) is 23.1 Å². The van der Waals surface area contributed by atoms with E-state index < -0.39 is 0 Å². The van der Waals surface area contributed by atoms with Gasteiger partial charge in [0, 0.05) is 10.6 Å². The van der Waals surface area contributed by atoms with Crippen molar-refractivity contribution in [3.05, 3.63) is 29.6 Å². The molecule has 0 aliphatic carbocycles. The molecule has 0 fully saturated rings. The predicted molar refractivity (Wildman–Crippen MR) is 60.1 cm³/mol. The normalized spacial score (nSPS) is 12.9. The van der Waals surface area contributed by atoms with Crippen LogP contribution in [0.5, 0.6) is 0 Å². The molecule has 0 saturated heterocycles. The van der Waals surface area contributed by atoms with Gasteiger partial charge >= 0.3 is 0 Å². The van der Waals surface area contributed by atoms with E-state index in [0.717, 1.165) is 10.6 Å². The maximum absolute atomic E-state index is 12.9. The Kier molecular flexibility index (Phi) is 4.42. The molecule has 1 atom stereocenters. The van der Waals surface area contributed by atoms with Crippen molar-refractivity contribution in [1.29, 1.82) is 0 Å². The Morgan fingerprint density at radius 2 is 2.21 bits per heavy atom. The first kappa shape index (κ1) is 11.5. The van der Waals surface area contributed by atoms with Crippen molar-refractivity contribution in [3.8, 4) is 0 Å². The van der Waals surface area contributed by atoms with E-state index in [9.17, 15) is 4.39 Å². The minimum Gasteiger partial charge on any atom is -0.330 e. The molecular formula is C11H16FNS. The molecular weight excluding hydrogens is 197 g/mol. The van der Waals surface area contributed by atoms with Gasteiger partial charge in [0.1, 0.15) is 5.82 Å². The van der Waals surface area contributed by atoms with Gasteiger partial charge in [-0.25, -0.2) is 4.39 Å². The Morgan fingerprint density at radius 1 is 1.50 bits per heavy atom. The molecule has 0 aliphatic heterocycles. The van der Waals surface area contributed by atoms with Gasteiger partial charge in [-0.15, -0.1) is 11.8 Å². The summed E-state index contributed by atoms with van der Waals surface area (Å²) in [7, 11) is 0. The van der Waals surface area contributed by atoms with E-state index in [1.165, 1.54) is 6.07 Å². The summed E-state index contributed by atoms with van der Waals surface area (Å²) in [4.78, 5) is 1.12. The van der Waals surface area contributed by atoms with E-state index >= 15 is 0 Å². The highest BCUT2D eigenvalue weighted by atomic mass is 32.2. The van der Waals surface area contributed by atoms with Crippen LogP contribution in [0, 0.1) is 18.7 Å². The number of nitrogens with two attached hydrogens (primary N) is 1. The zero-order valence-corrected chi connectivity index (χ0v) is 9.40. The summed E-state index contributed by atoms with van der Waals surface area (Å²) in [5.41, 5.74) is 6.22. The lowest BCUT2D eigenvalue weighted by atomic mass is 10.2. The zero-order valence-electron chi connectivity index (χ0n) is 8.59. The summed E-state index contributed by atoms with van der Waals surface area (Å²) < 4.78 is 12.9. The predicted octanol–water partition coefficient (Wildman–Crippen LogP) is 2.82. The van der Waals surface area contributed by atoms with E-state index in [4.69, 9.17) is 5.73 Å². The quantitative estimate of drug-likeness (QED) is 0.778. The van der Waals surface area contributed by atoms with E-state index in [1.807, 2.05) is 12.1 Å². The van der Waals surface area contributed by atoms with Crippen molar-refractivity contribution in [2.75, 3.05) is 12.3 Å². The fraction of sp³-hybridized carbons (Fsp3) is 0.455. The second kappa shape index (κ2) is 5.37. The molecule has 0 amide bonds. The van der Waals surface area contributed by atoms with Crippen LogP contribution in [0.2, 0.25) is 0 Å². The molecule has 1 aromatic rings. The molecule has 0 saturated carbocycles. The van der Waals surface area contributed by atoms with Crippen LogP contribution in [-0.4, -0.2) is 12.3 Å². The maximum Gasteiger partial charge on any atom is 0.126 e.